The lowest BCUT2D eigenvalue weighted by atomic mass is 10.2. The maximum Gasteiger partial charge on any atom is 0.417 e. The first-order valence-corrected chi connectivity index (χ1v) is 5.49. The molecule has 0 bridgehead atoms. The van der Waals surface area contributed by atoms with Crippen molar-refractivity contribution in [2.75, 3.05) is 11.6 Å². The summed E-state index contributed by atoms with van der Waals surface area (Å²) in [5.74, 6) is 0.619. The maximum atomic E-state index is 12.0. The molecule has 17 heavy (non-hydrogen) atoms. The number of hydrogen-bond acceptors (Lipinski definition) is 4. The van der Waals surface area contributed by atoms with Gasteiger partial charge < -0.3 is 9.47 Å². The molecule has 0 N–H and O–H groups in total. The van der Waals surface area contributed by atoms with Gasteiger partial charge in [0.2, 0.25) is 0 Å². The summed E-state index contributed by atoms with van der Waals surface area (Å²) >= 11 is 0. The molecule has 0 saturated carbocycles. The normalized spacial score (nSPS) is 15.4. The third-order valence-corrected chi connectivity index (χ3v) is 2.22. The van der Waals surface area contributed by atoms with Crippen molar-refractivity contribution in [2.24, 2.45) is 0 Å². The number of carbonyl (C=O) groups is 1. The maximum absolute atomic E-state index is 12.0. The van der Waals surface area contributed by atoms with Crippen molar-refractivity contribution in [1.82, 2.24) is 4.98 Å². The van der Waals surface area contributed by atoms with Crippen LogP contribution in [0.15, 0.2) is 18.3 Å². The van der Waals surface area contributed by atoms with Gasteiger partial charge in [0.25, 0.3) is 0 Å². The molecule has 5 heteroatoms. The summed E-state index contributed by atoms with van der Waals surface area (Å²) < 4.78 is 10.6. The lowest BCUT2D eigenvalue weighted by Crippen LogP contribution is -2.41. The van der Waals surface area contributed by atoms with Gasteiger partial charge in [-0.05, 0) is 26.8 Å². The summed E-state index contributed by atoms with van der Waals surface area (Å²) in [7, 11) is 0. The van der Waals surface area contributed by atoms with Gasteiger partial charge in [0.05, 0.1) is 6.61 Å². The van der Waals surface area contributed by atoms with Crippen molar-refractivity contribution < 1.29 is 14.3 Å². The number of nitrogens with zero attached hydrogens (tertiary/aromatic N) is 2. The minimum Gasteiger partial charge on any atom is -0.443 e. The van der Waals surface area contributed by atoms with E-state index >= 15 is 0 Å². The number of fused-ring (bicyclic) bond motifs is 1. The molecule has 0 fully saturated rings. The van der Waals surface area contributed by atoms with E-state index in [1.807, 2.05) is 32.9 Å². The molecule has 0 aromatic carbocycles. The molecule has 1 aromatic rings. The molecule has 1 aliphatic rings. The van der Waals surface area contributed by atoms with E-state index in [4.69, 9.17) is 9.47 Å². The van der Waals surface area contributed by atoms with Gasteiger partial charge in [-0.15, -0.1) is 0 Å². The van der Waals surface area contributed by atoms with E-state index in [2.05, 4.69) is 4.98 Å². The molecule has 5 nitrogen and oxygen atoms in total. The van der Waals surface area contributed by atoms with Crippen molar-refractivity contribution >= 4 is 11.9 Å². The van der Waals surface area contributed by atoms with Gasteiger partial charge in [0.1, 0.15) is 18.1 Å². The summed E-state index contributed by atoms with van der Waals surface area (Å²) in [5, 5.41) is 0. The zero-order valence-corrected chi connectivity index (χ0v) is 10.3. The van der Waals surface area contributed by atoms with Crippen LogP contribution in [0, 0.1) is 0 Å². The van der Waals surface area contributed by atoms with Crippen LogP contribution in [0.3, 0.4) is 0 Å². The van der Waals surface area contributed by atoms with Crippen LogP contribution in [-0.4, -0.2) is 23.4 Å². The first-order chi connectivity index (χ1) is 7.97. The quantitative estimate of drug-likeness (QED) is 0.693. The third-order valence-electron chi connectivity index (χ3n) is 2.22. The number of hydrogen-bond donors (Lipinski definition) is 0. The topological polar surface area (TPSA) is 51.7 Å². The van der Waals surface area contributed by atoms with Crippen LogP contribution < -0.4 is 4.90 Å². The van der Waals surface area contributed by atoms with Crippen LogP contribution in [0.4, 0.5) is 10.6 Å². The van der Waals surface area contributed by atoms with E-state index in [-0.39, 0.29) is 6.73 Å². The van der Waals surface area contributed by atoms with Crippen molar-refractivity contribution in [1.29, 1.82) is 0 Å². The Kier molecular flexibility index (Phi) is 3.02. The minimum absolute atomic E-state index is 0.179. The van der Waals surface area contributed by atoms with Gasteiger partial charge in [0, 0.05) is 11.8 Å². The second-order valence-corrected chi connectivity index (χ2v) is 4.87. The SMILES string of the molecule is CC(C)(C)OC(=O)N1COCc2cccnc21. The van der Waals surface area contributed by atoms with Crippen LogP contribution in [0.1, 0.15) is 26.3 Å². The van der Waals surface area contributed by atoms with E-state index < -0.39 is 11.7 Å². The first-order valence-electron chi connectivity index (χ1n) is 5.49. The van der Waals surface area contributed by atoms with E-state index in [9.17, 15) is 4.79 Å². The predicted octanol–water partition coefficient (Wildman–Crippen LogP) is 2.31. The van der Waals surface area contributed by atoms with E-state index in [0.717, 1.165) is 5.56 Å². The van der Waals surface area contributed by atoms with Crippen molar-refractivity contribution in [3.05, 3.63) is 23.9 Å². The molecule has 2 rings (SSSR count). The van der Waals surface area contributed by atoms with Crippen LogP contribution in [0.25, 0.3) is 0 Å². The second kappa shape index (κ2) is 4.33. The predicted molar refractivity (Wildman–Crippen MR) is 62.6 cm³/mol. The fourth-order valence-corrected chi connectivity index (χ4v) is 1.55. The molecule has 1 amide bonds. The minimum atomic E-state index is -0.524. The Morgan fingerprint density at radius 3 is 3.00 bits per heavy atom. The highest BCUT2D eigenvalue weighted by atomic mass is 16.6. The molecule has 1 aliphatic heterocycles. The standard InChI is InChI=1S/C12H16N2O3/c1-12(2,3)17-11(15)14-8-16-7-9-5-4-6-13-10(9)14/h4-6H,7-8H2,1-3H3. The largest absolute Gasteiger partial charge is 0.443 e. The van der Waals surface area contributed by atoms with Gasteiger partial charge >= 0.3 is 6.09 Å². The lowest BCUT2D eigenvalue weighted by molar-refractivity contribution is 0.0441. The van der Waals surface area contributed by atoms with Gasteiger partial charge in [-0.25, -0.2) is 14.7 Å². The Bertz CT molecular complexity index is 426. The van der Waals surface area contributed by atoms with E-state index in [0.29, 0.717) is 12.4 Å². The first kappa shape index (κ1) is 11.9. The van der Waals surface area contributed by atoms with Gasteiger partial charge in [-0.2, -0.15) is 0 Å². The molecule has 92 valence electrons. The highest BCUT2D eigenvalue weighted by Crippen LogP contribution is 2.24. The number of amides is 1. The fraction of sp³-hybridized carbons (Fsp3) is 0.500. The highest BCUT2D eigenvalue weighted by molar-refractivity contribution is 5.87. The molecular formula is C12H16N2O3. The number of carbonyl (C=O) groups excluding carboxylic acids is 1. The van der Waals surface area contributed by atoms with Crippen LogP contribution >= 0.6 is 0 Å². The summed E-state index contributed by atoms with van der Waals surface area (Å²) in [6, 6.07) is 3.71. The Labute approximate surface area is 100 Å². The summed E-state index contributed by atoms with van der Waals surface area (Å²) in [4.78, 5) is 17.6. The number of rotatable bonds is 0. The zero-order valence-electron chi connectivity index (χ0n) is 10.3. The number of anilines is 1. The summed E-state index contributed by atoms with van der Waals surface area (Å²) in [6.07, 6.45) is 1.22. The summed E-state index contributed by atoms with van der Waals surface area (Å²) in [6.45, 7) is 6.14. The van der Waals surface area contributed by atoms with Gasteiger partial charge in [-0.1, -0.05) is 6.07 Å². The second-order valence-electron chi connectivity index (χ2n) is 4.87. The Balaban J connectivity index is 2.21. The average Bonchev–Trinajstić information content (AvgIpc) is 2.26. The Hall–Kier alpha value is -1.62. The molecule has 0 spiro atoms. The zero-order chi connectivity index (χ0) is 12.5. The molecular weight excluding hydrogens is 220 g/mol. The van der Waals surface area contributed by atoms with Crippen molar-refractivity contribution in [3.8, 4) is 0 Å². The van der Waals surface area contributed by atoms with E-state index in [1.54, 1.807) is 6.20 Å². The van der Waals surface area contributed by atoms with E-state index in [1.165, 1.54) is 4.90 Å². The molecule has 1 aromatic heterocycles. The fourth-order valence-electron chi connectivity index (χ4n) is 1.55. The molecule has 0 atom stereocenters. The molecule has 0 aliphatic carbocycles. The Morgan fingerprint density at radius 1 is 1.53 bits per heavy atom. The molecule has 2 heterocycles. The van der Waals surface area contributed by atoms with Crippen molar-refractivity contribution in [2.45, 2.75) is 33.0 Å². The molecule has 0 unspecified atom stereocenters. The number of pyridine rings is 1. The number of ether oxygens (including phenoxy) is 2. The summed E-state index contributed by atoms with van der Waals surface area (Å²) in [5.41, 5.74) is 0.369. The Morgan fingerprint density at radius 2 is 2.29 bits per heavy atom. The third kappa shape index (κ3) is 2.74. The monoisotopic (exact) mass is 236 g/mol. The van der Waals surface area contributed by atoms with Crippen LogP contribution in [-0.2, 0) is 16.1 Å². The lowest BCUT2D eigenvalue weighted by Gasteiger charge is -2.30. The van der Waals surface area contributed by atoms with Gasteiger partial charge in [0.15, 0.2) is 0 Å². The highest BCUT2D eigenvalue weighted by Gasteiger charge is 2.28. The smallest absolute Gasteiger partial charge is 0.417 e. The van der Waals surface area contributed by atoms with Crippen molar-refractivity contribution in [3.63, 3.8) is 0 Å². The van der Waals surface area contributed by atoms with Crippen LogP contribution in [0.5, 0.6) is 0 Å². The number of aromatic nitrogens is 1. The molecule has 0 radical (unpaired) electrons. The van der Waals surface area contributed by atoms with Crippen LogP contribution in [0.2, 0.25) is 0 Å². The van der Waals surface area contributed by atoms with Gasteiger partial charge in [-0.3, -0.25) is 0 Å². The average molecular weight is 236 g/mol. The molecule has 0 saturated heterocycles.